The van der Waals surface area contributed by atoms with Crippen LogP contribution in [-0.4, -0.2) is 20.9 Å². The molecular weight excluding hydrogens is 248 g/mol. The minimum atomic E-state index is 0.417. The van der Waals surface area contributed by atoms with E-state index in [2.05, 4.69) is 53.0 Å². The zero-order valence-corrected chi connectivity index (χ0v) is 12.4. The topological polar surface area (TPSA) is 55.0 Å². The number of rotatable bonds is 5. The Morgan fingerprint density at radius 3 is 2.40 bits per heavy atom. The van der Waals surface area contributed by atoms with E-state index in [1.54, 1.807) is 6.07 Å². The average Bonchev–Trinajstić information content (AvgIpc) is 2.38. The summed E-state index contributed by atoms with van der Waals surface area (Å²) in [6.45, 7) is 7.90. The largest absolute Gasteiger partial charge is 0.384 e. The Hall–Kier alpha value is -1.94. The number of hydrogen-bond donors (Lipinski definition) is 1. The monoisotopic (exact) mass is 270 g/mol. The highest BCUT2D eigenvalue weighted by atomic mass is 15.2. The third kappa shape index (κ3) is 4.03. The van der Waals surface area contributed by atoms with E-state index in [0.717, 1.165) is 18.1 Å². The Balaban J connectivity index is 2.13. The quantitative estimate of drug-likeness (QED) is 0.907. The number of nitrogens with zero attached hydrogens (tertiary/aromatic N) is 3. The summed E-state index contributed by atoms with van der Waals surface area (Å²) in [5, 5.41) is 0. The van der Waals surface area contributed by atoms with Crippen LogP contribution in [0.1, 0.15) is 30.9 Å². The number of nitrogen functional groups attached to an aromatic ring is 1. The molecule has 0 aliphatic heterocycles. The summed E-state index contributed by atoms with van der Waals surface area (Å²) >= 11 is 0. The SMILES string of the molecule is Cc1cc(N)nc(CN(Cc2ccccc2)C(C)C)n1. The number of hydrogen-bond acceptors (Lipinski definition) is 4. The molecule has 20 heavy (non-hydrogen) atoms. The maximum absolute atomic E-state index is 5.79. The molecule has 4 nitrogen and oxygen atoms in total. The molecule has 0 aliphatic rings. The second-order valence-corrected chi connectivity index (χ2v) is 5.33. The molecule has 0 amide bonds. The van der Waals surface area contributed by atoms with Crippen LogP contribution in [0.25, 0.3) is 0 Å². The van der Waals surface area contributed by atoms with E-state index in [1.807, 2.05) is 13.0 Å². The fourth-order valence-corrected chi connectivity index (χ4v) is 2.15. The summed E-state index contributed by atoms with van der Waals surface area (Å²) in [7, 11) is 0. The van der Waals surface area contributed by atoms with Gasteiger partial charge in [-0.2, -0.15) is 0 Å². The maximum Gasteiger partial charge on any atom is 0.144 e. The van der Waals surface area contributed by atoms with Gasteiger partial charge in [-0.05, 0) is 26.3 Å². The number of benzene rings is 1. The summed E-state index contributed by atoms with van der Waals surface area (Å²) < 4.78 is 0. The van der Waals surface area contributed by atoms with Gasteiger partial charge >= 0.3 is 0 Å². The van der Waals surface area contributed by atoms with Gasteiger partial charge in [0.05, 0.1) is 6.54 Å². The van der Waals surface area contributed by atoms with Crippen LogP contribution >= 0.6 is 0 Å². The molecule has 1 aromatic heterocycles. The molecule has 2 N–H and O–H groups in total. The molecule has 0 saturated heterocycles. The van der Waals surface area contributed by atoms with Crippen molar-refractivity contribution in [3.05, 3.63) is 53.5 Å². The van der Waals surface area contributed by atoms with Crippen LogP contribution in [0.2, 0.25) is 0 Å². The van der Waals surface area contributed by atoms with Crippen LogP contribution in [0.3, 0.4) is 0 Å². The van der Waals surface area contributed by atoms with E-state index >= 15 is 0 Å². The Morgan fingerprint density at radius 1 is 1.10 bits per heavy atom. The first-order chi connectivity index (χ1) is 9.54. The molecule has 0 radical (unpaired) electrons. The van der Waals surface area contributed by atoms with Crippen LogP contribution < -0.4 is 5.73 Å². The zero-order valence-electron chi connectivity index (χ0n) is 12.4. The Morgan fingerprint density at radius 2 is 1.80 bits per heavy atom. The first-order valence-corrected chi connectivity index (χ1v) is 6.92. The van der Waals surface area contributed by atoms with Crippen molar-refractivity contribution >= 4 is 5.82 Å². The lowest BCUT2D eigenvalue weighted by molar-refractivity contribution is 0.198. The highest BCUT2D eigenvalue weighted by Gasteiger charge is 2.13. The predicted octanol–water partition coefficient (Wildman–Crippen LogP) is 2.78. The summed E-state index contributed by atoms with van der Waals surface area (Å²) in [4.78, 5) is 11.1. The van der Waals surface area contributed by atoms with Gasteiger partial charge in [-0.15, -0.1) is 0 Å². The Kier molecular flexibility index (Phi) is 4.69. The fraction of sp³-hybridized carbons (Fsp3) is 0.375. The summed E-state index contributed by atoms with van der Waals surface area (Å²) in [6, 6.07) is 12.7. The van der Waals surface area contributed by atoms with E-state index in [-0.39, 0.29) is 0 Å². The normalized spacial score (nSPS) is 11.2. The molecule has 1 heterocycles. The number of nitrogens with two attached hydrogens (primary N) is 1. The van der Waals surface area contributed by atoms with Gasteiger partial charge < -0.3 is 5.73 Å². The van der Waals surface area contributed by atoms with Gasteiger partial charge in [-0.1, -0.05) is 30.3 Å². The van der Waals surface area contributed by atoms with Gasteiger partial charge in [-0.25, -0.2) is 9.97 Å². The van der Waals surface area contributed by atoms with Crippen LogP contribution in [0.5, 0.6) is 0 Å². The second kappa shape index (κ2) is 6.48. The molecule has 0 atom stereocenters. The highest BCUT2D eigenvalue weighted by Crippen LogP contribution is 2.12. The molecule has 1 aromatic carbocycles. The third-order valence-electron chi connectivity index (χ3n) is 3.22. The number of aryl methyl sites for hydroxylation is 1. The molecule has 4 heteroatoms. The van der Waals surface area contributed by atoms with Crippen LogP contribution in [-0.2, 0) is 13.1 Å². The van der Waals surface area contributed by atoms with Crippen molar-refractivity contribution < 1.29 is 0 Å². The lowest BCUT2D eigenvalue weighted by Gasteiger charge is -2.26. The summed E-state index contributed by atoms with van der Waals surface area (Å²) in [5.74, 6) is 1.32. The third-order valence-corrected chi connectivity index (χ3v) is 3.22. The van der Waals surface area contributed by atoms with Gasteiger partial charge in [0, 0.05) is 24.3 Å². The summed E-state index contributed by atoms with van der Waals surface area (Å²) in [6.07, 6.45) is 0. The van der Waals surface area contributed by atoms with Crippen molar-refractivity contribution in [1.29, 1.82) is 0 Å². The molecule has 2 rings (SSSR count). The number of aromatic nitrogens is 2. The molecule has 106 valence electrons. The minimum absolute atomic E-state index is 0.417. The van der Waals surface area contributed by atoms with E-state index in [0.29, 0.717) is 18.4 Å². The van der Waals surface area contributed by atoms with Gasteiger partial charge in [0.15, 0.2) is 0 Å². The second-order valence-electron chi connectivity index (χ2n) is 5.33. The van der Waals surface area contributed by atoms with Gasteiger partial charge in [0.2, 0.25) is 0 Å². The van der Waals surface area contributed by atoms with E-state index in [1.165, 1.54) is 5.56 Å². The Bertz CT molecular complexity index is 531. The summed E-state index contributed by atoms with van der Waals surface area (Å²) in [5.41, 5.74) is 8.00. The maximum atomic E-state index is 5.79. The Labute approximate surface area is 120 Å². The minimum Gasteiger partial charge on any atom is -0.384 e. The van der Waals surface area contributed by atoms with Gasteiger partial charge in [0.25, 0.3) is 0 Å². The van der Waals surface area contributed by atoms with Gasteiger partial charge in [0.1, 0.15) is 11.6 Å². The highest BCUT2D eigenvalue weighted by molar-refractivity contribution is 5.29. The van der Waals surface area contributed by atoms with Crippen molar-refractivity contribution in [2.24, 2.45) is 0 Å². The van der Waals surface area contributed by atoms with E-state index in [9.17, 15) is 0 Å². The number of anilines is 1. The smallest absolute Gasteiger partial charge is 0.144 e. The van der Waals surface area contributed by atoms with Gasteiger partial charge in [-0.3, -0.25) is 4.90 Å². The lowest BCUT2D eigenvalue weighted by Crippen LogP contribution is -2.30. The van der Waals surface area contributed by atoms with E-state index < -0.39 is 0 Å². The molecule has 2 aromatic rings. The molecule has 0 unspecified atom stereocenters. The molecule has 0 saturated carbocycles. The van der Waals surface area contributed by atoms with E-state index in [4.69, 9.17) is 5.73 Å². The molecule has 0 bridgehead atoms. The van der Waals surface area contributed by atoms with Crippen molar-refractivity contribution in [3.63, 3.8) is 0 Å². The van der Waals surface area contributed by atoms with Crippen molar-refractivity contribution in [2.75, 3.05) is 5.73 Å². The standard InChI is InChI=1S/C16H22N4/c1-12(2)20(10-14-7-5-4-6-8-14)11-16-18-13(3)9-15(17)19-16/h4-9,12H,10-11H2,1-3H3,(H2,17,18,19). The van der Waals surface area contributed by atoms with Crippen molar-refractivity contribution in [3.8, 4) is 0 Å². The van der Waals surface area contributed by atoms with Crippen molar-refractivity contribution in [2.45, 2.75) is 39.9 Å². The van der Waals surface area contributed by atoms with Crippen molar-refractivity contribution in [1.82, 2.24) is 14.9 Å². The average molecular weight is 270 g/mol. The van der Waals surface area contributed by atoms with Crippen LogP contribution in [0.15, 0.2) is 36.4 Å². The lowest BCUT2D eigenvalue weighted by atomic mass is 10.2. The first-order valence-electron chi connectivity index (χ1n) is 6.92. The van der Waals surface area contributed by atoms with Crippen LogP contribution in [0.4, 0.5) is 5.82 Å². The molecule has 0 aliphatic carbocycles. The molecule has 0 fully saturated rings. The van der Waals surface area contributed by atoms with Crippen LogP contribution in [0, 0.1) is 6.92 Å². The zero-order chi connectivity index (χ0) is 14.5. The predicted molar refractivity (Wildman–Crippen MR) is 82.0 cm³/mol. The fourth-order valence-electron chi connectivity index (χ4n) is 2.15. The molecule has 0 spiro atoms. The molecular formula is C16H22N4. The first kappa shape index (κ1) is 14.5.